The molecule has 0 amide bonds. The number of nitrogens with zero attached hydrogens (tertiary/aromatic N) is 3. The number of pyridine rings is 1. The highest BCUT2D eigenvalue weighted by Crippen LogP contribution is 2.26. The third kappa shape index (κ3) is 3.74. The highest BCUT2D eigenvalue weighted by Gasteiger charge is 2.16. The molecule has 0 aliphatic heterocycles. The Morgan fingerprint density at radius 2 is 2.39 bits per heavy atom. The maximum Gasteiger partial charge on any atom is 0.143 e. The minimum atomic E-state index is -0.0701. The number of amidine groups is 1. The summed E-state index contributed by atoms with van der Waals surface area (Å²) in [6.45, 7) is 5.28. The van der Waals surface area contributed by atoms with Crippen molar-refractivity contribution in [3.63, 3.8) is 0 Å². The molecule has 18 heavy (non-hydrogen) atoms. The summed E-state index contributed by atoms with van der Waals surface area (Å²) in [5, 5.41) is 12.3. The Hall–Kier alpha value is -1.01. The SMILES string of the molecule is CCN(CC(C)C(N)=NO)c1ncc(Cl)cc1Br. The Morgan fingerprint density at radius 1 is 1.72 bits per heavy atom. The van der Waals surface area contributed by atoms with Gasteiger partial charge in [-0.1, -0.05) is 23.7 Å². The van der Waals surface area contributed by atoms with Gasteiger partial charge in [0.1, 0.15) is 11.7 Å². The third-order valence-electron chi connectivity index (χ3n) is 2.58. The van der Waals surface area contributed by atoms with Gasteiger partial charge >= 0.3 is 0 Å². The maximum atomic E-state index is 8.65. The zero-order valence-electron chi connectivity index (χ0n) is 10.3. The van der Waals surface area contributed by atoms with Gasteiger partial charge in [0, 0.05) is 25.2 Å². The van der Waals surface area contributed by atoms with Crippen LogP contribution in [0.3, 0.4) is 0 Å². The highest BCUT2D eigenvalue weighted by atomic mass is 79.9. The summed E-state index contributed by atoms with van der Waals surface area (Å²) >= 11 is 9.29. The van der Waals surface area contributed by atoms with E-state index >= 15 is 0 Å². The number of halogens is 2. The van der Waals surface area contributed by atoms with E-state index in [0.717, 1.165) is 16.8 Å². The first kappa shape index (κ1) is 15.0. The molecule has 0 radical (unpaired) electrons. The van der Waals surface area contributed by atoms with E-state index in [-0.39, 0.29) is 11.8 Å². The molecule has 0 bridgehead atoms. The molecule has 1 aromatic heterocycles. The molecule has 1 atom stereocenters. The van der Waals surface area contributed by atoms with Gasteiger partial charge in [0.2, 0.25) is 0 Å². The van der Waals surface area contributed by atoms with Crippen molar-refractivity contribution in [2.24, 2.45) is 16.8 Å². The predicted molar refractivity (Wildman–Crippen MR) is 77.4 cm³/mol. The molecule has 0 aliphatic rings. The van der Waals surface area contributed by atoms with E-state index in [9.17, 15) is 0 Å². The van der Waals surface area contributed by atoms with Crippen LogP contribution in [-0.2, 0) is 0 Å². The van der Waals surface area contributed by atoms with Crippen LogP contribution in [0.5, 0.6) is 0 Å². The van der Waals surface area contributed by atoms with Gasteiger partial charge in [0.15, 0.2) is 0 Å². The second-order valence-corrected chi connectivity index (χ2v) is 5.21. The standard InChI is InChI=1S/C11H16BrClN4O/c1-3-17(6-7(2)10(14)16-18)11-9(12)4-8(13)5-15-11/h4-5,7,18H,3,6H2,1-2H3,(H2,14,16). The lowest BCUT2D eigenvalue weighted by Crippen LogP contribution is -2.35. The second-order valence-electron chi connectivity index (χ2n) is 3.92. The number of nitrogens with two attached hydrogens (primary N) is 1. The van der Waals surface area contributed by atoms with Crippen LogP contribution in [0.1, 0.15) is 13.8 Å². The zero-order chi connectivity index (χ0) is 13.7. The minimum Gasteiger partial charge on any atom is -0.409 e. The van der Waals surface area contributed by atoms with Gasteiger partial charge < -0.3 is 15.8 Å². The molecule has 0 saturated carbocycles. The average molecular weight is 336 g/mol. The van der Waals surface area contributed by atoms with Crippen LogP contribution in [0, 0.1) is 5.92 Å². The van der Waals surface area contributed by atoms with E-state index in [2.05, 4.69) is 26.1 Å². The van der Waals surface area contributed by atoms with Crippen LogP contribution in [0.15, 0.2) is 21.9 Å². The monoisotopic (exact) mass is 334 g/mol. The first-order valence-corrected chi connectivity index (χ1v) is 6.70. The van der Waals surface area contributed by atoms with Gasteiger partial charge in [-0.3, -0.25) is 0 Å². The zero-order valence-corrected chi connectivity index (χ0v) is 12.6. The lowest BCUT2D eigenvalue weighted by Gasteiger charge is -2.25. The van der Waals surface area contributed by atoms with Crippen molar-refractivity contribution in [3.8, 4) is 0 Å². The van der Waals surface area contributed by atoms with E-state index in [1.165, 1.54) is 0 Å². The molecule has 1 heterocycles. The molecular formula is C11H16BrClN4O. The minimum absolute atomic E-state index is 0.0701. The molecule has 1 aromatic rings. The van der Waals surface area contributed by atoms with Gasteiger partial charge in [-0.2, -0.15) is 0 Å². The first-order chi connectivity index (χ1) is 8.49. The highest BCUT2D eigenvalue weighted by molar-refractivity contribution is 9.10. The fraction of sp³-hybridized carbons (Fsp3) is 0.455. The van der Waals surface area contributed by atoms with Crippen molar-refractivity contribution in [1.82, 2.24) is 4.98 Å². The molecular weight excluding hydrogens is 320 g/mol. The molecule has 1 unspecified atom stereocenters. The lowest BCUT2D eigenvalue weighted by molar-refractivity contribution is 0.314. The largest absolute Gasteiger partial charge is 0.409 e. The summed E-state index contributed by atoms with van der Waals surface area (Å²) < 4.78 is 0.823. The molecule has 0 saturated heterocycles. The molecule has 7 heteroatoms. The average Bonchev–Trinajstić information content (AvgIpc) is 2.35. The topological polar surface area (TPSA) is 74.7 Å². The Labute approximate surface area is 120 Å². The van der Waals surface area contributed by atoms with Crippen LogP contribution >= 0.6 is 27.5 Å². The predicted octanol–water partition coefficient (Wildman–Crippen LogP) is 2.71. The summed E-state index contributed by atoms with van der Waals surface area (Å²) in [4.78, 5) is 6.32. The van der Waals surface area contributed by atoms with Gasteiger partial charge in [-0.15, -0.1) is 0 Å². The molecule has 3 N–H and O–H groups in total. The molecule has 100 valence electrons. The summed E-state index contributed by atoms with van der Waals surface area (Å²) in [7, 11) is 0. The summed E-state index contributed by atoms with van der Waals surface area (Å²) in [5.41, 5.74) is 5.58. The maximum absolute atomic E-state index is 8.65. The van der Waals surface area contributed by atoms with Crippen LogP contribution in [0.2, 0.25) is 5.02 Å². The number of anilines is 1. The molecule has 0 spiro atoms. The Kier molecular flexibility index (Phi) is 5.68. The van der Waals surface area contributed by atoms with Crippen LogP contribution in [0.4, 0.5) is 5.82 Å². The van der Waals surface area contributed by atoms with E-state index in [1.54, 1.807) is 12.3 Å². The normalized spacial score (nSPS) is 13.4. The van der Waals surface area contributed by atoms with Crippen molar-refractivity contribution in [2.45, 2.75) is 13.8 Å². The Morgan fingerprint density at radius 3 is 2.89 bits per heavy atom. The number of hydrogen-bond donors (Lipinski definition) is 2. The van der Waals surface area contributed by atoms with Crippen LogP contribution < -0.4 is 10.6 Å². The van der Waals surface area contributed by atoms with Crippen LogP contribution in [-0.4, -0.2) is 29.1 Å². The summed E-state index contributed by atoms with van der Waals surface area (Å²) in [6, 6.07) is 1.79. The Bertz CT molecular complexity index is 441. The third-order valence-corrected chi connectivity index (χ3v) is 3.37. The van der Waals surface area contributed by atoms with E-state index in [1.807, 2.05) is 18.7 Å². The van der Waals surface area contributed by atoms with Gasteiger partial charge in [-0.25, -0.2) is 4.98 Å². The van der Waals surface area contributed by atoms with Crippen LogP contribution in [0.25, 0.3) is 0 Å². The van der Waals surface area contributed by atoms with Crippen molar-refractivity contribution < 1.29 is 5.21 Å². The van der Waals surface area contributed by atoms with Crippen molar-refractivity contribution in [3.05, 3.63) is 21.8 Å². The fourth-order valence-electron chi connectivity index (χ4n) is 1.53. The summed E-state index contributed by atoms with van der Waals surface area (Å²) in [6.07, 6.45) is 1.60. The summed E-state index contributed by atoms with van der Waals surface area (Å²) in [5.74, 6) is 0.928. The fourth-order valence-corrected chi connectivity index (χ4v) is 2.42. The quantitative estimate of drug-likeness (QED) is 0.375. The number of oxime groups is 1. The van der Waals surface area contributed by atoms with Gasteiger partial charge in [-0.05, 0) is 28.9 Å². The molecule has 1 rings (SSSR count). The van der Waals surface area contributed by atoms with E-state index < -0.39 is 0 Å². The number of aromatic nitrogens is 1. The lowest BCUT2D eigenvalue weighted by atomic mass is 10.1. The van der Waals surface area contributed by atoms with Gasteiger partial charge in [0.25, 0.3) is 0 Å². The second kappa shape index (κ2) is 6.80. The van der Waals surface area contributed by atoms with Crippen molar-refractivity contribution >= 4 is 39.2 Å². The first-order valence-electron chi connectivity index (χ1n) is 5.53. The van der Waals surface area contributed by atoms with E-state index in [0.29, 0.717) is 11.6 Å². The molecule has 5 nitrogen and oxygen atoms in total. The van der Waals surface area contributed by atoms with Crippen molar-refractivity contribution in [2.75, 3.05) is 18.0 Å². The number of rotatable bonds is 5. The smallest absolute Gasteiger partial charge is 0.143 e. The molecule has 0 fully saturated rings. The van der Waals surface area contributed by atoms with E-state index in [4.69, 9.17) is 22.5 Å². The molecule has 0 aliphatic carbocycles. The van der Waals surface area contributed by atoms with Gasteiger partial charge in [0.05, 0.1) is 9.50 Å². The van der Waals surface area contributed by atoms with Crippen molar-refractivity contribution in [1.29, 1.82) is 0 Å². The Balaban J connectivity index is 2.89. The number of hydrogen-bond acceptors (Lipinski definition) is 4. The molecule has 0 aromatic carbocycles.